The Hall–Kier alpha value is -2.55. The van der Waals surface area contributed by atoms with Crippen molar-refractivity contribution in [3.8, 4) is 0 Å². The number of hydrogen-bond donors (Lipinski definition) is 1. The molecule has 0 radical (unpaired) electrons. The summed E-state index contributed by atoms with van der Waals surface area (Å²) in [4.78, 5) is 14.5. The van der Waals surface area contributed by atoms with Crippen molar-refractivity contribution in [2.75, 3.05) is 11.4 Å². The van der Waals surface area contributed by atoms with Gasteiger partial charge in [0.25, 0.3) is 5.60 Å². The average molecular weight is 445 g/mol. The first kappa shape index (κ1) is 23.1. The van der Waals surface area contributed by atoms with E-state index in [0.717, 1.165) is 17.7 Å². The van der Waals surface area contributed by atoms with Crippen LogP contribution in [0.4, 0.5) is 32.0 Å². The monoisotopic (exact) mass is 445 g/mol. The zero-order chi connectivity index (χ0) is 23.0. The number of carbonyl (C=O) groups is 1. The van der Waals surface area contributed by atoms with Gasteiger partial charge in [0.2, 0.25) is 5.91 Å². The number of anilines is 1. The Morgan fingerprint density at radius 2 is 1.58 bits per heavy atom. The van der Waals surface area contributed by atoms with E-state index < -0.39 is 29.4 Å². The van der Waals surface area contributed by atoms with Gasteiger partial charge < -0.3 is 10.0 Å². The minimum atomic E-state index is -5.96. The van der Waals surface area contributed by atoms with E-state index in [4.69, 9.17) is 0 Å². The van der Waals surface area contributed by atoms with Crippen molar-refractivity contribution < 1.29 is 36.2 Å². The molecular formula is C22H21F6NO2. The molecule has 0 saturated heterocycles. The Kier molecular flexibility index (Phi) is 6.10. The van der Waals surface area contributed by atoms with Gasteiger partial charge >= 0.3 is 12.4 Å². The highest BCUT2D eigenvalue weighted by Gasteiger charge is 2.71. The molecule has 9 heteroatoms. The first-order valence-electron chi connectivity index (χ1n) is 9.73. The summed E-state index contributed by atoms with van der Waals surface area (Å²) in [5.74, 6) is -0.849. The smallest absolute Gasteiger partial charge is 0.369 e. The third-order valence-corrected chi connectivity index (χ3v) is 5.62. The molecule has 31 heavy (non-hydrogen) atoms. The van der Waals surface area contributed by atoms with Crippen LogP contribution in [0, 0.1) is 0 Å². The largest absolute Gasteiger partial charge is 0.430 e. The van der Waals surface area contributed by atoms with Crippen molar-refractivity contribution in [3.63, 3.8) is 0 Å². The number of nitrogens with zero attached hydrogens (tertiary/aromatic N) is 1. The molecule has 3 nitrogen and oxygen atoms in total. The molecule has 1 unspecified atom stereocenters. The lowest BCUT2D eigenvalue weighted by atomic mass is 9.89. The quantitative estimate of drug-likeness (QED) is 0.637. The van der Waals surface area contributed by atoms with Crippen molar-refractivity contribution in [3.05, 3.63) is 65.2 Å². The number of carbonyl (C=O) groups excluding carboxylic acids is 1. The number of amides is 1. The molecule has 1 N–H and O–H groups in total. The van der Waals surface area contributed by atoms with Crippen LogP contribution >= 0.6 is 0 Å². The van der Waals surface area contributed by atoms with Crippen LogP contribution in [0.25, 0.3) is 0 Å². The minimum Gasteiger partial charge on any atom is -0.369 e. The third-order valence-electron chi connectivity index (χ3n) is 5.62. The number of hydrogen-bond acceptors (Lipinski definition) is 2. The average Bonchev–Trinajstić information content (AvgIpc) is 2.93. The molecule has 0 bridgehead atoms. The van der Waals surface area contributed by atoms with Gasteiger partial charge in [0, 0.05) is 17.8 Å². The Morgan fingerprint density at radius 3 is 2.16 bits per heavy atom. The molecular weight excluding hydrogens is 424 g/mol. The Balaban J connectivity index is 2.04. The van der Waals surface area contributed by atoms with Gasteiger partial charge in [-0.15, -0.1) is 0 Å². The van der Waals surface area contributed by atoms with Crippen LogP contribution in [0.3, 0.4) is 0 Å². The fourth-order valence-electron chi connectivity index (χ4n) is 3.81. The summed E-state index contributed by atoms with van der Waals surface area (Å²) < 4.78 is 79.6. The molecule has 1 heterocycles. The highest BCUT2D eigenvalue weighted by Crippen LogP contribution is 2.50. The highest BCUT2D eigenvalue weighted by molar-refractivity contribution is 5.98. The summed E-state index contributed by atoms with van der Waals surface area (Å²) in [6, 6.07) is 11.3. The van der Waals surface area contributed by atoms with Crippen molar-refractivity contribution in [1.82, 2.24) is 0 Å². The number of halogens is 6. The number of aryl methyl sites for hydroxylation is 1. The van der Waals surface area contributed by atoms with Crippen LogP contribution in [-0.4, -0.2) is 29.9 Å². The zero-order valence-electron chi connectivity index (χ0n) is 16.6. The molecule has 0 fully saturated rings. The van der Waals surface area contributed by atoms with E-state index in [1.807, 2.05) is 0 Å². The minimum absolute atomic E-state index is 0.163. The highest BCUT2D eigenvalue weighted by atomic mass is 19.4. The number of rotatable bonds is 3. The molecule has 168 valence electrons. The summed E-state index contributed by atoms with van der Waals surface area (Å²) in [5.41, 5.74) is -5.13. The lowest BCUT2D eigenvalue weighted by Gasteiger charge is -2.33. The molecule has 0 saturated carbocycles. The van der Waals surface area contributed by atoms with Crippen LogP contribution in [0.15, 0.2) is 48.5 Å². The van der Waals surface area contributed by atoms with Gasteiger partial charge in [0.15, 0.2) is 0 Å². The molecule has 1 aliphatic rings. The first-order valence-corrected chi connectivity index (χ1v) is 9.73. The summed E-state index contributed by atoms with van der Waals surface area (Å²) in [6.07, 6.45) is -10.7. The lowest BCUT2D eigenvalue weighted by Crippen LogP contribution is -2.54. The summed E-state index contributed by atoms with van der Waals surface area (Å²) in [7, 11) is 0. The van der Waals surface area contributed by atoms with Gasteiger partial charge in [0.05, 0.1) is 5.92 Å². The van der Waals surface area contributed by atoms with E-state index in [0.29, 0.717) is 25.5 Å². The predicted molar refractivity (Wildman–Crippen MR) is 103 cm³/mol. The zero-order valence-corrected chi connectivity index (χ0v) is 16.6. The van der Waals surface area contributed by atoms with Crippen LogP contribution in [0.1, 0.15) is 42.4 Å². The van der Waals surface area contributed by atoms with Gasteiger partial charge in [-0.2, -0.15) is 26.3 Å². The van der Waals surface area contributed by atoms with E-state index in [9.17, 15) is 36.2 Å². The van der Waals surface area contributed by atoms with Gasteiger partial charge in [-0.25, -0.2) is 0 Å². The molecule has 0 aromatic heterocycles. The summed E-state index contributed by atoms with van der Waals surface area (Å²) in [5, 5.41) is 9.71. The number of benzene rings is 2. The second-order valence-corrected chi connectivity index (χ2v) is 7.63. The topological polar surface area (TPSA) is 40.5 Å². The SMILES string of the molecule is CC(C(=O)N1CCCCc2cc(C(O)(C(F)(F)F)C(F)(F)F)ccc21)c1ccccc1. The van der Waals surface area contributed by atoms with E-state index in [-0.39, 0.29) is 23.6 Å². The van der Waals surface area contributed by atoms with E-state index in [1.165, 1.54) is 4.90 Å². The Labute approximate surface area is 175 Å². The maximum atomic E-state index is 13.3. The fraction of sp³-hybridized carbons (Fsp3) is 0.409. The molecule has 1 aliphatic heterocycles. The van der Waals surface area contributed by atoms with Crippen molar-refractivity contribution in [2.24, 2.45) is 0 Å². The number of aliphatic hydroxyl groups is 1. The fourth-order valence-corrected chi connectivity index (χ4v) is 3.81. The standard InChI is InChI=1S/C22H21F6NO2/c1-14(15-7-3-2-4-8-15)19(30)29-12-6-5-9-16-13-17(10-11-18(16)29)20(31,21(23,24)25)22(26,27)28/h2-4,7-8,10-11,13-14,31H,5-6,9,12H2,1H3. The van der Waals surface area contributed by atoms with Crippen LogP contribution in [-0.2, 0) is 16.8 Å². The number of fused-ring (bicyclic) bond motifs is 1. The second kappa shape index (κ2) is 8.18. The van der Waals surface area contributed by atoms with Gasteiger partial charge in [-0.05, 0) is 43.4 Å². The molecule has 3 rings (SSSR count). The first-order chi connectivity index (χ1) is 14.4. The van der Waals surface area contributed by atoms with Crippen molar-refractivity contribution >= 4 is 11.6 Å². The Bertz CT molecular complexity index is 925. The van der Waals surface area contributed by atoms with Gasteiger partial charge in [-0.1, -0.05) is 42.5 Å². The molecule has 1 amide bonds. The van der Waals surface area contributed by atoms with E-state index >= 15 is 0 Å². The van der Waals surface area contributed by atoms with Gasteiger partial charge in [0.1, 0.15) is 0 Å². The van der Waals surface area contributed by atoms with Gasteiger partial charge in [-0.3, -0.25) is 4.79 Å². The maximum Gasteiger partial charge on any atom is 0.430 e. The summed E-state index contributed by atoms with van der Waals surface area (Å²) >= 11 is 0. The van der Waals surface area contributed by atoms with Crippen molar-refractivity contribution in [1.29, 1.82) is 0 Å². The van der Waals surface area contributed by atoms with Crippen LogP contribution in [0.5, 0.6) is 0 Å². The molecule has 2 aromatic carbocycles. The molecule has 2 aromatic rings. The van der Waals surface area contributed by atoms with E-state index in [1.54, 1.807) is 37.3 Å². The third kappa shape index (κ3) is 4.15. The summed E-state index contributed by atoms with van der Waals surface area (Å²) in [6.45, 7) is 1.99. The predicted octanol–water partition coefficient (Wildman–Crippen LogP) is 5.47. The van der Waals surface area contributed by atoms with Crippen molar-refractivity contribution in [2.45, 2.75) is 50.1 Å². The van der Waals surface area contributed by atoms with Crippen LogP contribution in [0.2, 0.25) is 0 Å². The molecule has 0 spiro atoms. The lowest BCUT2D eigenvalue weighted by molar-refractivity contribution is -0.376. The Morgan fingerprint density at radius 1 is 0.968 bits per heavy atom. The molecule has 0 aliphatic carbocycles. The second-order valence-electron chi connectivity index (χ2n) is 7.63. The van der Waals surface area contributed by atoms with E-state index in [2.05, 4.69) is 0 Å². The van der Waals surface area contributed by atoms with Crippen LogP contribution < -0.4 is 4.90 Å². The maximum absolute atomic E-state index is 13.3. The number of alkyl halides is 6. The molecule has 1 atom stereocenters. The normalized spacial score (nSPS) is 16.5.